The van der Waals surface area contributed by atoms with E-state index in [1.165, 1.54) is 11.8 Å². The predicted octanol–water partition coefficient (Wildman–Crippen LogP) is 4.06. The fourth-order valence-corrected chi connectivity index (χ4v) is 3.99. The number of nitrogens with one attached hydrogen (secondary N) is 1. The third-order valence-electron chi connectivity index (χ3n) is 4.06. The van der Waals surface area contributed by atoms with Crippen LogP contribution in [0, 0.1) is 0 Å². The van der Waals surface area contributed by atoms with Crippen molar-refractivity contribution in [2.75, 3.05) is 17.7 Å². The summed E-state index contributed by atoms with van der Waals surface area (Å²) in [7, 11) is 0. The van der Waals surface area contributed by atoms with Gasteiger partial charge in [0.05, 0.1) is 29.1 Å². The third kappa shape index (κ3) is 4.91. The molecule has 3 rings (SSSR count). The molecule has 1 N–H and O–H groups in total. The molecule has 1 fully saturated rings. The van der Waals surface area contributed by atoms with Gasteiger partial charge in [0.15, 0.2) is 5.16 Å². The smallest absolute Gasteiger partial charge is 0.234 e. The van der Waals surface area contributed by atoms with Crippen LogP contribution < -0.4 is 5.32 Å². The minimum atomic E-state index is -0.163. The molecule has 1 aliphatic heterocycles. The Kier molecular flexibility index (Phi) is 6.80. The highest BCUT2D eigenvalue weighted by Crippen LogP contribution is 2.26. The summed E-state index contributed by atoms with van der Waals surface area (Å²) in [5.74, 6) is 0.958. The number of amides is 1. The average Bonchev–Trinajstić information content (AvgIpc) is 3.26. The van der Waals surface area contributed by atoms with Crippen LogP contribution in [0.25, 0.3) is 0 Å². The van der Waals surface area contributed by atoms with Crippen molar-refractivity contribution in [3.63, 3.8) is 0 Å². The number of carbonyl (C=O) groups excluding carboxylic acids is 1. The van der Waals surface area contributed by atoms with E-state index in [2.05, 4.69) is 20.1 Å². The van der Waals surface area contributed by atoms with Gasteiger partial charge < -0.3 is 14.6 Å². The van der Waals surface area contributed by atoms with Gasteiger partial charge in [0.2, 0.25) is 5.91 Å². The van der Waals surface area contributed by atoms with Gasteiger partial charge in [-0.05, 0) is 31.0 Å². The van der Waals surface area contributed by atoms with Gasteiger partial charge in [-0.3, -0.25) is 4.79 Å². The van der Waals surface area contributed by atoms with Gasteiger partial charge in [-0.2, -0.15) is 0 Å². The first-order valence-electron chi connectivity index (χ1n) is 8.48. The minimum absolute atomic E-state index is 0.163. The fourth-order valence-electron chi connectivity index (χ4n) is 2.77. The van der Waals surface area contributed by atoms with Crippen molar-refractivity contribution in [2.24, 2.45) is 0 Å². The van der Waals surface area contributed by atoms with Crippen molar-refractivity contribution in [1.29, 1.82) is 0 Å². The van der Waals surface area contributed by atoms with Crippen LogP contribution in [0.4, 0.5) is 5.69 Å². The fraction of sp³-hybridized carbons (Fsp3) is 0.471. The molecule has 9 heteroatoms. The van der Waals surface area contributed by atoms with Crippen molar-refractivity contribution >= 4 is 46.6 Å². The molecule has 26 heavy (non-hydrogen) atoms. The van der Waals surface area contributed by atoms with Gasteiger partial charge in [0, 0.05) is 18.1 Å². The summed E-state index contributed by atoms with van der Waals surface area (Å²) in [5.41, 5.74) is 0.539. The van der Waals surface area contributed by atoms with E-state index in [4.69, 9.17) is 27.9 Å². The van der Waals surface area contributed by atoms with E-state index in [9.17, 15) is 4.79 Å². The van der Waals surface area contributed by atoms with Crippen LogP contribution in [-0.4, -0.2) is 39.1 Å². The summed E-state index contributed by atoms with van der Waals surface area (Å²) in [6, 6.07) is 4.96. The van der Waals surface area contributed by atoms with E-state index < -0.39 is 0 Å². The highest BCUT2D eigenvalue weighted by Gasteiger charge is 2.21. The molecule has 1 unspecified atom stereocenters. The first-order chi connectivity index (χ1) is 12.6. The number of nitrogens with zero attached hydrogens (tertiary/aromatic N) is 3. The maximum absolute atomic E-state index is 12.2. The number of aromatic nitrogens is 3. The van der Waals surface area contributed by atoms with Crippen LogP contribution in [0.1, 0.15) is 25.6 Å². The molecule has 1 saturated heterocycles. The highest BCUT2D eigenvalue weighted by molar-refractivity contribution is 7.99. The Bertz CT molecular complexity index is 778. The molecule has 1 aromatic heterocycles. The zero-order valence-corrected chi connectivity index (χ0v) is 16.7. The first-order valence-corrected chi connectivity index (χ1v) is 10.2. The van der Waals surface area contributed by atoms with E-state index in [0.29, 0.717) is 15.7 Å². The lowest BCUT2D eigenvalue weighted by atomic mass is 10.2. The number of benzene rings is 1. The van der Waals surface area contributed by atoms with Crippen molar-refractivity contribution in [2.45, 2.75) is 44.0 Å². The summed E-state index contributed by atoms with van der Waals surface area (Å²) in [6.45, 7) is 3.57. The first kappa shape index (κ1) is 19.5. The Morgan fingerprint density at radius 3 is 2.96 bits per heavy atom. The number of carbonyl (C=O) groups is 1. The maximum atomic E-state index is 12.2. The summed E-state index contributed by atoms with van der Waals surface area (Å²) in [5, 5.41) is 12.9. The number of hydrogen-bond donors (Lipinski definition) is 1. The molecule has 6 nitrogen and oxygen atoms in total. The molecular weight excluding hydrogens is 395 g/mol. The normalized spacial score (nSPS) is 16.8. The Morgan fingerprint density at radius 1 is 1.42 bits per heavy atom. The molecule has 140 valence electrons. The summed E-state index contributed by atoms with van der Waals surface area (Å²) < 4.78 is 7.78. The zero-order valence-electron chi connectivity index (χ0n) is 14.4. The average molecular weight is 415 g/mol. The predicted molar refractivity (Wildman–Crippen MR) is 104 cm³/mol. The van der Waals surface area contributed by atoms with E-state index in [1.807, 2.05) is 6.92 Å². The van der Waals surface area contributed by atoms with Crippen molar-refractivity contribution in [3.05, 3.63) is 34.1 Å². The SMILES string of the molecule is CCc1nnc(SCC(=O)Nc2ccc(Cl)cc2Cl)n1CC1CCCO1. The second-order valence-corrected chi connectivity index (χ2v) is 7.75. The zero-order chi connectivity index (χ0) is 18.5. The third-order valence-corrected chi connectivity index (χ3v) is 5.57. The summed E-state index contributed by atoms with van der Waals surface area (Å²) >= 11 is 13.3. The lowest BCUT2D eigenvalue weighted by Gasteiger charge is -2.14. The highest BCUT2D eigenvalue weighted by atomic mass is 35.5. The monoisotopic (exact) mass is 414 g/mol. The Hall–Kier alpha value is -1.28. The molecule has 0 saturated carbocycles. The molecule has 1 amide bonds. The standard InChI is InChI=1S/C17H20Cl2N4O2S/c1-2-15-21-22-17(23(15)9-12-4-3-7-25-12)26-10-16(24)20-14-6-5-11(18)8-13(14)19/h5-6,8,12H,2-4,7,9-10H2,1H3,(H,20,24). The van der Waals surface area contributed by atoms with Crippen LogP contribution in [0.3, 0.4) is 0 Å². The van der Waals surface area contributed by atoms with E-state index in [-0.39, 0.29) is 17.8 Å². The van der Waals surface area contributed by atoms with E-state index in [0.717, 1.165) is 43.4 Å². The van der Waals surface area contributed by atoms with Crippen molar-refractivity contribution in [1.82, 2.24) is 14.8 Å². The Balaban J connectivity index is 1.61. The Labute approximate surface area is 166 Å². The van der Waals surface area contributed by atoms with Gasteiger partial charge in [0.25, 0.3) is 0 Å². The molecule has 2 aromatic rings. The molecule has 2 heterocycles. The lowest BCUT2D eigenvalue weighted by molar-refractivity contribution is -0.113. The number of aryl methyl sites for hydroxylation is 1. The van der Waals surface area contributed by atoms with Gasteiger partial charge in [-0.15, -0.1) is 10.2 Å². The second-order valence-electron chi connectivity index (χ2n) is 5.96. The number of ether oxygens (including phenoxy) is 1. The molecule has 1 aliphatic rings. The van der Waals surface area contributed by atoms with Crippen molar-refractivity contribution < 1.29 is 9.53 Å². The van der Waals surface area contributed by atoms with Crippen LogP contribution in [0.15, 0.2) is 23.4 Å². The number of halogens is 2. The largest absolute Gasteiger partial charge is 0.376 e. The van der Waals surface area contributed by atoms with Gasteiger partial charge in [-0.25, -0.2) is 0 Å². The number of hydrogen-bond acceptors (Lipinski definition) is 5. The van der Waals surface area contributed by atoms with Gasteiger partial charge in [0.1, 0.15) is 5.82 Å². The van der Waals surface area contributed by atoms with E-state index in [1.54, 1.807) is 18.2 Å². The number of rotatable bonds is 7. The van der Waals surface area contributed by atoms with Crippen LogP contribution in [-0.2, 0) is 22.5 Å². The van der Waals surface area contributed by atoms with Crippen LogP contribution in [0.2, 0.25) is 10.0 Å². The van der Waals surface area contributed by atoms with E-state index >= 15 is 0 Å². The van der Waals surface area contributed by atoms with Gasteiger partial charge >= 0.3 is 0 Å². The molecule has 1 aromatic carbocycles. The number of anilines is 1. The molecule has 0 spiro atoms. The number of thioether (sulfide) groups is 1. The van der Waals surface area contributed by atoms with Crippen molar-refractivity contribution in [3.8, 4) is 0 Å². The topological polar surface area (TPSA) is 69.0 Å². The Morgan fingerprint density at radius 2 is 2.27 bits per heavy atom. The molecule has 1 atom stereocenters. The summed E-state index contributed by atoms with van der Waals surface area (Å²) in [4.78, 5) is 12.2. The summed E-state index contributed by atoms with van der Waals surface area (Å²) in [6.07, 6.45) is 3.10. The quantitative estimate of drug-likeness (QED) is 0.691. The maximum Gasteiger partial charge on any atom is 0.234 e. The second kappa shape index (κ2) is 9.08. The molecule has 0 aliphatic carbocycles. The lowest BCUT2D eigenvalue weighted by Crippen LogP contribution is -2.19. The van der Waals surface area contributed by atoms with Crippen LogP contribution >= 0.6 is 35.0 Å². The minimum Gasteiger partial charge on any atom is -0.376 e. The van der Waals surface area contributed by atoms with Gasteiger partial charge in [-0.1, -0.05) is 41.9 Å². The molecular formula is C17H20Cl2N4O2S. The van der Waals surface area contributed by atoms with Crippen LogP contribution in [0.5, 0.6) is 0 Å². The molecule has 0 radical (unpaired) electrons. The molecule has 0 bridgehead atoms.